The van der Waals surface area contributed by atoms with E-state index < -0.39 is 5.92 Å². The summed E-state index contributed by atoms with van der Waals surface area (Å²) >= 11 is 0. The third kappa shape index (κ3) is 2.28. The number of nitrogens with one attached hydrogen (secondary N) is 1. The number of imide groups is 1. The van der Waals surface area contributed by atoms with Crippen molar-refractivity contribution in [1.29, 1.82) is 0 Å². The van der Waals surface area contributed by atoms with Crippen LogP contribution in [0.1, 0.15) is 49.8 Å². The highest BCUT2D eigenvalue weighted by atomic mass is 19.1. The number of halogens is 1. The van der Waals surface area contributed by atoms with Gasteiger partial charge in [-0.15, -0.1) is 0 Å². The highest BCUT2D eigenvalue weighted by Crippen LogP contribution is 2.34. The van der Waals surface area contributed by atoms with E-state index in [1.165, 1.54) is 12.1 Å². The van der Waals surface area contributed by atoms with Gasteiger partial charge in [0.05, 0.1) is 17.1 Å². The third-order valence-corrected chi connectivity index (χ3v) is 4.15. The molecule has 1 aromatic heterocycles. The second kappa shape index (κ2) is 5.19. The van der Waals surface area contributed by atoms with Crippen LogP contribution in [0.4, 0.5) is 4.39 Å². The predicted octanol–water partition coefficient (Wildman–Crippen LogP) is 2.36. The number of hydrogen-bond donors (Lipinski definition) is 1. The Morgan fingerprint density at radius 3 is 2.73 bits per heavy atom. The average Bonchev–Trinajstić information content (AvgIpc) is 2.75. The van der Waals surface area contributed by atoms with Crippen molar-refractivity contribution in [3.63, 3.8) is 0 Å². The van der Waals surface area contributed by atoms with Crippen LogP contribution >= 0.6 is 0 Å². The van der Waals surface area contributed by atoms with Crippen LogP contribution in [-0.4, -0.2) is 21.6 Å². The molecule has 1 aliphatic heterocycles. The van der Waals surface area contributed by atoms with Crippen molar-refractivity contribution in [2.24, 2.45) is 7.05 Å². The number of nitrogens with zero attached hydrogens (tertiary/aromatic N) is 2. The summed E-state index contributed by atoms with van der Waals surface area (Å²) < 4.78 is 15.7. The number of carbonyl (C=O) groups is 2. The quantitative estimate of drug-likeness (QED) is 0.866. The van der Waals surface area contributed by atoms with Gasteiger partial charge in [-0.05, 0) is 30.0 Å². The maximum Gasteiger partial charge on any atom is 0.235 e. The Bertz CT molecular complexity index is 779. The molecule has 1 N–H and O–H groups in total. The van der Waals surface area contributed by atoms with E-state index in [4.69, 9.17) is 0 Å². The fraction of sp³-hybridized carbons (Fsp3) is 0.438. The second-order valence-corrected chi connectivity index (χ2v) is 6.06. The molecule has 116 valence electrons. The Hall–Kier alpha value is -2.24. The topological polar surface area (TPSA) is 64.0 Å². The third-order valence-electron chi connectivity index (χ3n) is 4.15. The molecule has 2 aromatic rings. The predicted molar refractivity (Wildman–Crippen MR) is 79.9 cm³/mol. The first kappa shape index (κ1) is 14.7. The van der Waals surface area contributed by atoms with Gasteiger partial charge in [0.2, 0.25) is 11.8 Å². The van der Waals surface area contributed by atoms with E-state index in [9.17, 15) is 14.0 Å². The van der Waals surface area contributed by atoms with Crippen LogP contribution < -0.4 is 5.32 Å². The number of fused-ring (bicyclic) bond motifs is 1. The zero-order valence-corrected chi connectivity index (χ0v) is 12.8. The van der Waals surface area contributed by atoms with E-state index in [0.717, 1.165) is 11.1 Å². The second-order valence-electron chi connectivity index (χ2n) is 6.06. The highest BCUT2D eigenvalue weighted by Gasteiger charge is 2.32. The molecule has 0 aliphatic carbocycles. The van der Waals surface area contributed by atoms with Gasteiger partial charge in [0, 0.05) is 18.9 Å². The summed E-state index contributed by atoms with van der Waals surface area (Å²) in [6.07, 6.45) is 0.686. The van der Waals surface area contributed by atoms with Crippen molar-refractivity contribution in [3.05, 3.63) is 29.2 Å². The number of hydrogen-bond acceptors (Lipinski definition) is 3. The zero-order chi connectivity index (χ0) is 16.0. The Morgan fingerprint density at radius 2 is 2.09 bits per heavy atom. The molecule has 0 radical (unpaired) electrons. The summed E-state index contributed by atoms with van der Waals surface area (Å²) in [6, 6.07) is 2.94. The molecule has 6 heteroatoms. The highest BCUT2D eigenvalue weighted by molar-refractivity contribution is 6.02. The number of aromatic nitrogens is 2. The van der Waals surface area contributed by atoms with Crippen LogP contribution in [0.5, 0.6) is 0 Å². The molecule has 3 rings (SSSR count). The Kier molecular flexibility index (Phi) is 3.47. The molecule has 1 atom stereocenters. The molecule has 2 amide bonds. The van der Waals surface area contributed by atoms with Crippen molar-refractivity contribution >= 4 is 22.7 Å². The summed E-state index contributed by atoms with van der Waals surface area (Å²) in [5.41, 5.74) is 2.25. The van der Waals surface area contributed by atoms with E-state index in [1.807, 2.05) is 13.8 Å². The van der Waals surface area contributed by atoms with Crippen LogP contribution in [0.15, 0.2) is 12.1 Å². The van der Waals surface area contributed by atoms with Gasteiger partial charge in [-0.25, -0.2) is 4.39 Å². The summed E-state index contributed by atoms with van der Waals surface area (Å²) in [5, 5.41) is 7.44. The molecule has 0 saturated carbocycles. The minimum Gasteiger partial charge on any atom is -0.296 e. The van der Waals surface area contributed by atoms with Crippen molar-refractivity contribution in [1.82, 2.24) is 15.1 Å². The van der Waals surface area contributed by atoms with Crippen LogP contribution in [0.25, 0.3) is 10.9 Å². The molecule has 0 bridgehead atoms. The van der Waals surface area contributed by atoms with E-state index in [1.54, 1.807) is 11.7 Å². The van der Waals surface area contributed by atoms with Crippen LogP contribution in [0.2, 0.25) is 0 Å². The van der Waals surface area contributed by atoms with Crippen molar-refractivity contribution in [2.45, 2.75) is 38.5 Å². The molecular formula is C16H18FN3O2. The number of carbonyl (C=O) groups excluding carboxylic acids is 2. The summed E-state index contributed by atoms with van der Waals surface area (Å²) in [4.78, 5) is 23.4. The zero-order valence-electron chi connectivity index (χ0n) is 12.8. The van der Waals surface area contributed by atoms with Gasteiger partial charge in [0.1, 0.15) is 5.82 Å². The van der Waals surface area contributed by atoms with Crippen molar-refractivity contribution in [2.75, 3.05) is 0 Å². The number of amides is 2. The molecule has 1 fully saturated rings. The van der Waals surface area contributed by atoms with Gasteiger partial charge in [-0.1, -0.05) is 13.8 Å². The van der Waals surface area contributed by atoms with Gasteiger partial charge in [0.25, 0.3) is 0 Å². The molecule has 1 unspecified atom stereocenters. The van der Waals surface area contributed by atoms with E-state index >= 15 is 0 Å². The lowest BCUT2D eigenvalue weighted by atomic mass is 9.91. The van der Waals surface area contributed by atoms with Gasteiger partial charge in [0.15, 0.2) is 0 Å². The Balaban J connectivity index is 2.19. The fourth-order valence-corrected chi connectivity index (χ4v) is 3.09. The monoisotopic (exact) mass is 303 g/mol. The van der Waals surface area contributed by atoms with Gasteiger partial charge in [-0.3, -0.25) is 19.6 Å². The smallest absolute Gasteiger partial charge is 0.235 e. The standard InChI is InChI=1S/C16H18FN3O2/c1-8(2)11-6-9(17)7-12-14(19-20(3)15(11)12)10-4-5-13(21)18-16(10)22/h6-8,10H,4-5H2,1-3H3,(H,18,21,22). The van der Waals surface area contributed by atoms with Gasteiger partial charge < -0.3 is 0 Å². The van der Waals surface area contributed by atoms with Crippen molar-refractivity contribution in [3.8, 4) is 0 Å². The number of benzene rings is 1. The number of piperidine rings is 1. The largest absolute Gasteiger partial charge is 0.296 e. The fourth-order valence-electron chi connectivity index (χ4n) is 3.09. The van der Waals surface area contributed by atoms with E-state index in [-0.39, 0.29) is 30.0 Å². The van der Waals surface area contributed by atoms with Gasteiger partial charge in [-0.2, -0.15) is 5.10 Å². The molecule has 2 heterocycles. The minimum atomic E-state index is -0.511. The van der Waals surface area contributed by atoms with Crippen LogP contribution in [-0.2, 0) is 16.6 Å². The molecule has 22 heavy (non-hydrogen) atoms. The summed E-state index contributed by atoms with van der Waals surface area (Å²) in [6.45, 7) is 3.99. The van der Waals surface area contributed by atoms with Crippen LogP contribution in [0.3, 0.4) is 0 Å². The maximum absolute atomic E-state index is 14.0. The SMILES string of the molecule is CC(C)c1cc(F)cc2c(C3CCC(=O)NC3=O)nn(C)c12. The average molecular weight is 303 g/mol. The minimum absolute atomic E-state index is 0.142. The summed E-state index contributed by atoms with van der Waals surface area (Å²) in [7, 11) is 1.79. The van der Waals surface area contributed by atoms with Gasteiger partial charge >= 0.3 is 0 Å². The number of rotatable bonds is 2. The molecule has 5 nitrogen and oxygen atoms in total. The lowest BCUT2D eigenvalue weighted by molar-refractivity contribution is -0.134. The Morgan fingerprint density at radius 1 is 1.36 bits per heavy atom. The molecular weight excluding hydrogens is 285 g/mol. The normalized spacial score (nSPS) is 19.0. The molecule has 0 spiro atoms. The maximum atomic E-state index is 14.0. The van der Waals surface area contributed by atoms with Crippen LogP contribution in [0, 0.1) is 5.82 Å². The van der Waals surface area contributed by atoms with E-state index in [2.05, 4.69) is 10.4 Å². The molecule has 1 aliphatic rings. The van der Waals surface area contributed by atoms with E-state index in [0.29, 0.717) is 17.5 Å². The Labute approximate surface area is 127 Å². The lowest BCUT2D eigenvalue weighted by Gasteiger charge is -2.19. The molecule has 1 saturated heterocycles. The first-order chi connectivity index (χ1) is 10.4. The first-order valence-electron chi connectivity index (χ1n) is 7.38. The van der Waals surface area contributed by atoms with Crippen molar-refractivity contribution < 1.29 is 14.0 Å². The first-order valence-corrected chi connectivity index (χ1v) is 7.38. The summed E-state index contributed by atoms with van der Waals surface area (Å²) in [5.74, 6) is -1.33. The molecule has 1 aromatic carbocycles. The lowest BCUT2D eigenvalue weighted by Crippen LogP contribution is -2.39. The number of aryl methyl sites for hydroxylation is 1.